The Balaban J connectivity index is 1.79. The third-order valence-corrected chi connectivity index (χ3v) is 3.69. The number of amides is 1. The Kier molecular flexibility index (Phi) is 4.93. The maximum absolute atomic E-state index is 12.3. The number of carbonyl (C=O) groups is 1. The van der Waals surface area contributed by atoms with E-state index in [2.05, 4.69) is 20.6 Å². The second kappa shape index (κ2) is 7.29. The summed E-state index contributed by atoms with van der Waals surface area (Å²) in [6.45, 7) is 0. The Bertz CT molecular complexity index is 871. The molecule has 1 heterocycles. The molecule has 0 aliphatic rings. The molecule has 3 rings (SSSR count). The summed E-state index contributed by atoms with van der Waals surface area (Å²) in [5, 5.41) is 6.82. The van der Waals surface area contributed by atoms with Gasteiger partial charge in [0.05, 0.1) is 10.7 Å². The maximum Gasteiger partial charge on any atom is 0.274 e. The van der Waals surface area contributed by atoms with E-state index in [0.717, 1.165) is 0 Å². The first-order valence-electron chi connectivity index (χ1n) is 7.02. The van der Waals surface area contributed by atoms with E-state index in [1.807, 2.05) is 18.2 Å². The summed E-state index contributed by atoms with van der Waals surface area (Å²) >= 11 is 12.1. The van der Waals surface area contributed by atoms with Crippen molar-refractivity contribution in [3.8, 4) is 0 Å². The Morgan fingerprint density at radius 2 is 1.75 bits per heavy atom. The lowest BCUT2D eigenvalue weighted by atomic mass is 10.3. The smallest absolute Gasteiger partial charge is 0.274 e. The highest BCUT2D eigenvalue weighted by molar-refractivity contribution is 6.35. The molecule has 0 atom stereocenters. The molecule has 0 spiro atoms. The number of anilines is 3. The van der Waals surface area contributed by atoms with Crippen LogP contribution in [0.15, 0.2) is 60.9 Å². The highest BCUT2D eigenvalue weighted by atomic mass is 35.5. The van der Waals surface area contributed by atoms with Gasteiger partial charge in [-0.15, -0.1) is 0 Å². The van der Waals surface area contributed by atoms with E-state index < -0.39 is 0 Å². The number of benzene rings is 2. The summed E-state index contributed by atoms with van der Waals surface area (Å²) in [6.07, 6.45) is 1.31. The van der Waals surface area contributed by atoms with Gasteiger partial charge in [0, 0.05) is 16.8 Å². The van der Waals surface area contributed by atoms with Crippen LogP contribution >= 0.6 is 23.2 Å². The van der Waals surface area contributed by atoms with E-state index in [1.165, 1.54) is 12.4 Å². The van der Waals surface area contributed by atoms with Gasteiger partial charge in [0.1, 0.15) is 17.8 Å². The summed E-state index contributed by atoms with van der Waals surface area (Å²) in [5.41, 5.74) is 1.51. The third kappa shape index (κ3) is 4.01. The average Bonchev–Trinajstić information content (AvgIpc) is 2.59. The van der Waals surface area contributed by atoms with Gasteiger partial charge in [0.2, 0.25) is 0 Å². The minimum atomic E-state index is -0.330. The molecule has 5 nitrogen and oxygen atoms in total. The highest BCUT2D eigenvalue weighted by Gasteiger charge is 2.10. The van der Waals surface area contributed by atoms with Crippen molar-refractivity contribution in [1.82, 2.24) is 9.97 Å². The summed E-state index contributed by atoms with van der Waals surface area (Å²) in [4.78, 5) is 20.3. The van der Waals surface area contributed by atoms with Crippen LogP contribution in [0.25, 0.3) is 0 Å². The number of carbonyl (C=O) groups excluding carboxylic acids is 1. The predicted molar refractivity (Wildman–Crippen MR) is 96.2 cm³/mol. The number of nitrogens with zero attached hydrogens (tertiary/aromatic N) is 2. The van der Waals surface area contributed by atoms with Gasteiger partial charge in [0.15, 0.2) is 0 Å². The second-order valence-corrected chi connectivity index (χ2v) is 5.70. The maximum atomic E-state index is 12.3. The van der Waals surface area contributed by atoms with Gasteiger partial charge in [-0.1, -0.05) is 41.4 Å². The lowest BCUT2D eigenvalue weighted by Crippen LogP contribution is -2.14. The Morgan fingerprint density at radius 1 is 0.958 bits per heavy atom. The monoisotopic (exact) mass is 358 g/mol. The molecule has 120 valence electrons. The average molecular weight is 359 g/mol. The van der Waals surface area contributed by atoms with Crippen molar-refractivity contribution in [2.24, 2.45) is 0 Å². The summed E-state index contributed by atoms with van der Waals surface area (Å²) in [5.74, 6) is 0.108. The predicted octanol–water partition coefficient (Wildman–Crippen LogP) is 4.78. The van der Waals surface area contributed by atoms with Gasteiger partial charge in [-0.3, -0.25) is 4.79 Å². The van der Waals surface area contributed by atoms with Crippen molar-refractivity contribution in [2.75, 3.05) is 10.6 Å². The number of nitrogens with one attached hydrogen (secondary N) is 2. The van der Waals surface area contributed by atoms with Crippen LogP contribution in [-0.2, 0) is 0 Å². The Hall–Kier alpha value is -2.63. The molecule has 0 saturated carbocycles. The molecular weight excluding hydrogens is 347 g/mol. The first-order chi connectivity index (χ1) is 11.6. The topological polar surface area (TPSA) is 66.9 Å². The van der Waals surface area contributed by atoms with Crippen molar-refractivity contribution in [1.29, 1.82) is 0 Å². The molecule has 0 saturated heterocycles. The number of aromatic nitrogens is 2. The van der Waals surface area contributed by atoms with Crippen molar-refractivity contribution in [3.05, 3.63) is 76.7 Å². The molecule has 7 heteroatoms. The molecule has 2 aromatic carbocycles. The van der Waals surface area contributed by atoms with Crippen LogP contribution in [0.3, 0.4) is 0 Å². The number of halogens is 2. The lowest BCUT2D eigenvalue weighted by Gasteiger charge is -2.09. The van der Waals surface area contributed by atoms with Crippen LogP contribution < -0.4 is 10.6 Å². The van der Waals surface area contributed by atoms with Gasteiger partial charge in [-0.2, -0.15) is 0 Å². The van der Waals surface area contributed by atoms with Crippen molar-refractivity contribution in [2.45, 2.75) is 0 Å². The van der Waals surface area contributed by atoms with Crippen molar-refractivity contribution >= 4 is 46.3 Å². The van der Waals surface area contributed by atoms with Crippen LogP contribution in [0.1, 0.15) is 10.5 Å². The molecule has 0 fully saturated rings. The second-order valence-electron chi connectivity index (χ2n) is 4.86. The molecule has 0 aliphatic carbocycles. The van der Waals surface area contributed by atoms with Gasteiger partial charge in [0.25, 0.3) is 5.91 Å². The lowest BCUT2D eigenvalue weighted by molar-refractivity contribution is 0.102. The first kappa shape index (κ1) is 16.2. The number of hydrogen-bond acceptors (Lipinski definition) is 4. The van der Waals surface area contributed by atoms with Gasteiger partial charge >= 0.3 is 0 Å². The molecule has 24 heavy (non-hydrogen) atoms. The van der Waals surface area contributed by atoms with E-state index in [0.29, 0.717) is 27.2 Å². The summed E-state index contributed by atoms with van der Waals surface area (Å²) in [6, 6.07) is 15.7. The minimum Gasteiger partial charge on any atom is -0.339 e. The largest absolute Gasteiger partial charge is 0.339 e. The van der Waals surface area contributed by atoms with Crippen LogP contribution in [0, 0.1) is 0 Å². The van der Waals surface area contributed by atoms with Crippen LogP contribution in [0.5, 0.6) is 0 Å². The molecule has 1 aromatic heterocycles. The number of rotatable bonds is 4. The molecular formula is C17H12Cl2N4O. The molecule has 0 aliphatic heterocycles. The van der Waals surface area contributed by atoms with E-state index >= 15 is 0 Å². The molecule has 0 unspecified atom stereocenters. The van der Waals surface area contributed by atoms with Crippen LogP contribution in [0.2, 0.25) is 10.0 Å². The quantitative estimate of drug-likeness (QED) is 0.704. The van der Waals surface area contributed by atoms with Gasteiger partial charge < -0.3 is 10.6 Å². The SMILES string of the molecule is O=C(Nc1ccccc1)c1cc(Nc2cc(Cl)ccc2Cl)ncn1. The summed E-state index contributed by atoms with van der Waals surface area (Å²) < 4.78 is 0. The molecule has 0 radical (unpaired) electrons. The number of para-hydroxylation sites is 1. The molecule has 0 bridgehead atoms. The normalized spacial score (nSPS) is 10.2. The third-order valence-electron chi connectivity index (χ3n) is 3.12. The first-order valence-corrected chi connectivity index (χ1v) is 7.78. The molecule has 1 amide bonds. The van der Waals surface area contributed by atoms with Gasteiger partial charge in [-0.25, -0.2) is 9.97 Å². The van der Waals surface area contributed by atoms with Crippen molar-refractivity contribution < 1.29 is 4.79 Å². The Labute approximate surface area is 148 Å². The van der Waals surface area contributed by atoms with Gasteiger partial charge in [-0.05, 0) is 30.3 Å². The van der Waals surface area contributed by atoms with Crippen molar-refractivity contribution in [3.63, 3.8) is 0 Å². The fourth-order valence-corrected chi connectivity index (χ4v) is 2.33. The number of hydrogen-bond donors (Lipinski definition) is 2. The van der Waals surface area contributed by atoms with Crippen LogP contribution in [0.4, 0.5) is 17.2 Å². The summed E-state index contributed by atoms with van der Waals surface area (Å²) in [7, 11) is 0. The fraction of sp³-hybridized carbons (Fsp3) is 0. The Morgan fingerprint density at radius 3 is 2.54 bits per heavy atom. The van der Waals surface area contributed by atoms with E-state index in [-0.39, 0.29) is 11.6 Å². The minimum absolute atomic E-state index is 0.231. The zero-order valence-electron chi connectivity index (χ0n) is 12.3. The fourth-order valence-electron chi connectivity index (χ4n) is 2.00. The zero-order valence-corrected chi connectivity index (χ0v) is 13.8. The molecule has 2 N–H and O–H groups in total. The highest BCUT2D eigenvalue weighted by Crippen LogP contribution is 2.27. The van der Waals surface area contributed by atoms with E-state index in [9.17, 15) is 4.79 Å². The van der Waals surface area contributed by atoms with E-state index in [4.69, 9.17) is 23.2 Å². The zero-order chi connectivity index (χ0) is 16.9. The van der Waals surface area contributed by atoms with E-state index in [1.54, 1.807) is 30.3 Å². The standard InChI is InChI=1S/C17H12Cl2N4O/c18-11-6-7-13(19)14(8-11)23-16-9-15(20-10-21-16)17(24)22-12-4-2-1-3-5-12/h1-10H,(H,22,24)(H,20,21,23). The van der Waals surface area contributed by atoms with Crippen LogP contribution in [-0.4, -0.2) is 15.9 Å². The molecule has 3 aromatic rings.